The van der Waals surface area contributed by atoms with Gasteiger partial charge in [0.1, 0.15) is 5.75 Å². The molecule has 0 aliphatic heterocycles. The Balaban J connectivity index is 2.64. The predicted molar refractivity (Wildman–Crippen MR) is 57.5 cm³/mol. The minimum atomic E-state index is -0.891. The number of hydrogen-bond acceptors (Lipinski definition) is 3. The quantitative estimate of drug-likeness (QED) is 0.840. The summed E-state index contributed by atoms with van der Waals surface area (Å²) in [6.45, 7) is 0. The minimum absolute atomic E-state index is 0.0398. The van der Waals surface area contributed by atoms with Gasteiger partial charge in [0.15, 0.2) is 0 Å². The molecule has 5 heteroatoms. The molecular weight excluding hydrogens is 210 g/mol. The monoisotopic (exact) mass is 223 g/mol. The highest BCUT2D eigenvalue weighted by molar-refractivity contribution is 5.71. The number of hydrogen-bond donors (Lipinski definition) is 1. The Morgan fingerprint density at radius 3 is 2.25 bits per heavy atom. The molecule has 0 aromatic heterocycles. The second kappa shape index (κ2) is 5.16. The van der Waals surface area contributed by atoms with Gasteiger partial charge in [-0.15, -0.1) is 0 Å². The smallest absolute Gasteiger partial charge is 0.414 e. The van der Waals surface area contributed by atoms with E-state index in [1.165, 1.54) is 4.90 Å². The highest BCUT2D eigenvalue weighted by atomic mass is 16.6. The number of amides is 1. The van der Waals surface area contributed by atoms with Crippen molar-refractivity contribution >= 4 is 12.1 Å². The first-order chi connectivity index (χ1) is 7.49. The van der Waals surface area contributed by atoms with E-state index in [1.54, 1.807) is 38.4 Å². The van der Waals surface area contributed by atoms with E-state index in [0.29, 0.717) is 11.3 Å². The van der Waals surface area contributed by atoms with Gasteiger partial charge < -0.3 is 14.7 Å². The number of carboxylic acid groups (broad SMARTS) is 1. The summed E-state index contributed by atoms with van der Waals surface area (Å²) < 4.78 is 4.98. The van der Waals surface area contributed by atoms with Gasteiger partial charge in [0, 0.05) is 14.1 Å². The Morgan fingerprint density at radius 2 is 1.81 bits per heavy atom. The fourth-order valence-corrected chi connectivity index (χ4v) is 1.04. The lowest BCUT2D eigenvalue weighted by molar-refractivity contribution is -0.136. The molecule has 1 N–H and O–H groups in total. The van der Waals surface area contributed by atoms with Crippen LogP contribution in [0.3, 0.4) is 0 Å². The fourth-order valence-electron chi connectivity index (χ4n) is 1.04. The summed E-state index contributed by atoms with van der Waals surface area (Å²) >= 11 is 0. The van der Waals surface area contributed by atoms with Crippen LogP contribution >= 0.6 is 0 Å². The Kier molecular flexibility index (Phi) is 3.88. The van der Waals surface area contributed by atoms with Crippen molar-refractivity contribution in [2.45, 2.75) is 6.42 Å². The van der Waals surface area contributed by atoms with Crippen LogP contribution in [-0.4, -0.2) is 36.2 Å². The van der Waals surface area contributed by atoms with Gasteiger partial charge in [-0.2, -0.15) is 0 Å². The number of aliphatic carboxylic acids is 1. The maximum atomic E-state index is 11.2. The maximum absolute atomic E-state index is 11.2. The maximum Gasteiger partial charge on any atom is 0.414 e. The Bertz CT molecular complexity index is 383. The Hall–Kier alpha value is -2.04. The highest BCUT2D eigenvalue weighted by Gasteiger charge is 2.06. The van der Waals surface area contributed by atoms with Gasteiger partial charge in [0.25, 0.3) is 0 Å². The van der Waals surface area contributed by atoms with Crippen LogP contribution in [0.1, 0.15) is 5.56 Å². The number of nitrogens with zero attached hydrogens (tertiary/aromatic N) is 1. The first kappa shape index (κ1) is 12.0. The van der Waals surface area contributed by atoms with Gasteiger partial charge in [0.2, 0.25) is 0 Å². The van der Waals surface area contributed by atoms with Crippen molar-refractivity contribution in [3.63, 3.8) is 0 Å². The SMILES string of the molecule is CN(C)C(=O)Oc1ccc(CC(=O)O)cc1. The average molecular weight is 223 g/mol. The van der Waals surface area contributed by atoms with Gasteiger partial charge in [-0.1, -0.05) is 12.1 Å². The molecule has 86 valence electrons. The van der Waals surface area contributed by atoms with Gasteiger partial charge in [-0.25, -0.2) is 4.79 Å². The van der Waals surface area contributed by atoms with Crippen LogP contribution in [0.4, 0.5) is 4.79 Å². The van der Waals surface area contributed by atoms with Crippen molar-refractivity contribution in [3.05, 3.63) is 29.8 Å². The lowest BCUT2D eigenvalue weighted by Crippen LogP contribution is -2.25. The molecule has 1 aromatic rings. The van der Waals surface area contributed by atoms with Crippen molar-refractivity contribution in [2.24, 2.45) is 0 Å². The number of carbonyl (C=O) groups excluding carboxylic acids is 1. The molecule has 0 spiro atoms. The van der Waals surface area contributed by atoms with E-state index in [2.05, 4.69) is 0 Å². The van der Waals surface area contributed by atoms with Crippen LogP contribution in [0, 0.1) is 0 Å². The zero-order valence-corrected chi connectivity index (χ0v) is 9.14. The third-order valence-electron chi connectivity index (χ3n) is 1.85. The summed E-state index contributed by atoms with van der Waals surface area (Å²) in [7, 11) is 3.17. The summed E-state index contributed by atoms with van der Waals surface area (Å²) in [5, 5.41) is 8.56. The molecule has 0 saturated carbocycles. The average Bonchev–Trinajstić information content (AvgIpc) is 2.20. The molecule has 1 rings (SSSR count). The molecule has 5 nitrogen and oxygen atoms in total. The van der Waals surface area contributed by atoms with E-state index in [1.807, 2.05) is 0 Å². The first-order valence-corrected chi connectivity index (χ1v) is 4.69. The van der Waals surface area contributed by atoms with Crippen molar-refractivity contribution in [2.75, 3.05) is 14.1 Å². The molecule has 0 fully saturated rings. The third-order valence-corrected chi connectivity index (χ3v) is 1.85. The molecule has 0 aliphatic rings. The van der Waals surface area contributed by atoms with Crippen LogP contribution in [0.5, 0.6) is 5.75 Å². The number of carboxylic acids is 1. The van der Waals surface area contributed by atoms with E-state index in [9.17, 15) is 9.59 Å². The van der Waals surface area contributed by atoms with Crippen LogP contribution in [-0.2, 0) is 11.2 Å². The standard InChI is InChI=1S/C11H13NO4/c1-12(2)11(15)16-9-5-3-8(4-6-9)7-10(13)14/h3-6H,7H2,1-2H3,(H,13,14). The van der Waals surface area contributed by atoms with Crippen molar-refractivity contribution in [1.82, 2.24) is 4.90 Å². The fraction of sp³-hybridized carbons (Fsp3) is 0.273. The summed E-state index contributed by atoms with van der Waals surface area (Å²) in [6.07, 6.45) is -0.506. The zero-order valence-electron chi connectivity index (χ0n) is 9.14. The predicted octanol–water partition coefficient (Wildman–Crippen LogP) is 1.37. The Morgan fingerprint density at radius 1 is 1.25 bits per heavy atom. The van der Waals surface area contributed by atoms with Crippen LogP contribution in [0.2, 0.25) is 0 Å². The zero-order chi connectivity index (χ0) is 12.1. The molecule has 1 aromatic carbocycles. The summed E-state index contributed by atoms with van der Waals surface area (Å²) in [6, 6.07) is 6.37. The summed E-state index contributed by atoms with van der Waals surface area (Å²) in [5.41, 5.74) is 0.664. The first-order valence-electron chi connectivity index (χ1n) is 4.69. The van der Waals surface area contributed by atoms with E-state index in [4.69, 9.17) is 9.84 Å². The van der Waals surface area contributed by atoms with Crippen molar-refractivity contribution in [1.29, 1.82) is 0 Å². The largest absolute Gasteiger partial charge is 0.481 e. The number of benzene rings is 1. The molecule has 0 aliphatic carbocycles. The van der Waals surface area contributed by atoms with Crippen LogP contribution in [0.25, 0.3) is 0 Å². The van der Waals surface area contributed by atoms with E-state index in [0.717, 1.165) is 0 Å². The van der Waals surface area contributed by atoms with Crippen molar-refractivity contribution < 1.29 is 19.4 Å². The molecule has 1 amide bonds. The van der Waals surface area contributed by atoms with E-state index < -0.39 is 12.1 Å². The Labute approximate surface area is 93.2 Å². The van der Waals surface area contributed by atoms with Crippen LogP contribution < -0.4 is 4.74 Å². The van der Waals surface area contributed by atoms with E-state index >= 15 is 0 Å². The lowest BCUT2D eigenvalue weighted by Gasteiger charge is -2.10. The van der Waals surface area contributed by atoms with Crippen LogP contribution in [0.15, 0.2) is 24.3 Å². The number of rotatable bonds is 3. The van der Waals surface area contributed by atoms with Gasteiger partial charge >= 0.3 is 12.1 Å². The molecule has 0 radical (unpaired) electrons. The summed E-state index contributed by atoms with van der Waals surface area (Å²) in [5.74, 6) is -0.495. The molecule has 0 heterocycles. The molecule has 16 heavy (non-hydrogen) atoms. The summed E-state index contributed by atoms with van der Waals surface area (Å²) in [4.78, 5) is 22.9. The van der Waals surface area contributed by atoms with Gasteiger partial charge in [-0.05, 0) is 17.7 Å². The van der Waals surface area contributed by atoms with Gasteiger partial charge in [0.05, 0.1) is 6.42 Å². The molecule has 0 bridgehead atoms. The van der Waals surface area contributed by atoms with Gasteiger partial charge in [-0.3, -0.25) is 4.79 Å². The molecular formula is C11H13NO4. The lowest BCUT2D eigenvalue weighted by atomic mass is 10.1. The normalized spacial score (nSPS) is 9.62. The topological polar surface area (TPSA) is 66.8 Å². The van der Waals surface area contributed by atoms with E-state index in [-0.39, 0.29) is 6.42 Å². The minimum Gasteiger partial charge on any atom is -0.481 e. The highest BCUT2D eigenvalue weighted by Crippen LogP contribution is 2.13. The number of carbonyl (C=O) groups is 2. The molecule has 0 atom stereocenters. The van der Waals surface area contributed by atoms with Crippen molar-refractivity contribution in [3.8, 4) is 5.75 Å². The molecule has 0 saturated heterocycles. The second-order valence-electron chi connectivity index (χ2n) is 3.48. The third kappa shape index (κ3) is 3.61. The second-order valence-corrected chi connectivity index (χ2v) is 3.48. The number of ether oxygens (including phenoxy) is 1. The molecule has 0 unspecified atom stereocenters.